The van der Waals surface area contributed by atoms with Crippen molar-refractivity contribution in [3.63, 3.8) is 0 Å². The highest BCUT2D eigenvalue weighted by Crippen LogP contribution is 2.71. The van der Waals surface area contributed by atoms with E-state index in [9.17, 15) is 29.0 Å². The summed E-state index contributed by atoms with van der Waals surface area (Å²) in [5.41, 5.74) is -8.51. The Morgan fingerprint density at radius 2 is 1.88 bits per heavy atom. The molecule has 0 unspecified atom stereocenters. The number of ether oxygens (including phenoxy) is 1. The van der Waals surface area contributed by atoms with Gasteiger partial charge < -0.3 is 14.9 Å². The first-order chi connectivity index (χ1) is 15.7. The third kappa shape index (κ3) is 2.76. The Kier molecular flexibility index (Phi) is 5.63. The Hall–Kier alpha value is -2.16. The summed E-state index contributed by atoms with van der Waals surface area (Å²) >= 11 is 0. The molecule has 9 heteroatoms. The fourth-order valence-electron chi connectivity index (χ4n) is 7.77. The van der Waals surface area contributed by atoms with Gasteiger partial charge in [0.1, 0.15) is 6.17 Å². The highest BCUT2D eigenvalue weighted by Gasteiger charge is 2.78. The van der Waals surface area contributed by atoms with Crippen LogP contribution in [0.15, 0.2) is 23.6 Å². The largest absolute Gasteiger partial charge is 0.478 e. The summed E-state index contributed by atoms with van der Waals surface area (Å²) in [5.74, 6) is -7.18. The van der Waals surface area contributed by atoms with Crippen LogP contribution in [0.5, 0.6) is 0 Å². The standard InChI is InChI=1S/C25H31F3O6/c1-5-6-18(31)34-25(21(32)33)12(2)9-13-14-10-15(26)19-20(27)16(29)7-8-22(19,3)24(14,28)17(30)11-23(13,25)4/h7-8,12-15,17,30H,5-6,9-11H2,1-4H3,(H,32,33)/t12-,13+,14+,15+,17+,22+,23+,24+,25+/m1/s1. The second-order valence-corrected chi connectivity index (χ2v) is 10.9. The van der Waals surface area contributed by atoms with Gasteiger partial charge in [-0.2, -0.15) is 0 Å². The molecule has 0 aromatic rings. The van der Waals surface area contributed by atoms with E-state index in [1.165, 1.54) is 6.92 Å². The average Bonchev–Trinajstić information content (AvgIpc) is 2.95. The van der Waals surface area contributed by atoms with Crippen LogP contribution in [0.3, 0.4) is 0 Å². The number of carbonyl (C=O) groups is 3. The van der Waals surface area contributed by atoms with E-state index in [0.717, 1.165) is 12.2 Å². The number of fused-ring (bicyclic) bond motifs is 5. The first-order valence-electron chi connectivity index (χ1n) is 11.8. The van der Waals surface area contributed by atoms with Crippen molar-refractivity contribution in [1.29, 1.82) is 0 Å². The molecular formula is C25H31F3O6. The minimum absolute atomic E-state index is 0.00158. The molecule has 9 atom stereocenters. The van der Waals surface area contributed by atoms with Crippen LogP contribution >= 0.6 is 0 Å². The van der Waals surface area contributed by atoms with E-state index in [-0.39, 0.29) is 19.3 Å². The van der Waals surface area contributed by atoms with Crippen LogP contribution in [-0.2, 0) is 19.1 Å². The van der Waals surface area contributed by atoms with Crippen LogP contribution in [0.25, 0.3) is 0 Å². The second-order valence-electron chi connectivity index (χ2n) is 10.9. The summed E-state index contributed by atoms with van der Waals surface area (Å²) < 4.78 is 53.0. The molecule has 3 saturated carbocycles. The van der Waals surface area contributed by atoms with Crippen molar-refractivity contribution in [2.75, 3.05) is 0 Å². The summed E-state index contributed by atoms with van der Waals surface area (Å²) in [5, 5.41) is 21.6. The monoisotopic (exact) mass is 484 g/mol. The molecule has 188 valence electrons. The number of rotatable bonds is 4. The van der Waals surface area contributed by atoms with Crippen molar-refractivity contribution >= 4 is 17.7 Å². The average molecular weight is 485 g/mol. The van der Waals surface area contributed by atoms with Gasteiger partial charge >= 0.3 is 11.9 Å². The van der Waals surface area contributed by atoms with Crippen molar-refractivity contribution in [3.05, 3.63) is 23.6 Å². The van der Waals surface area contributed by atoms with Gasteiger partial charge in [-0.3, -0.25) is 9.59 Å². The summed E-state index contributed by atoms with van der Waals surface area (Å²) in [6.07, 6.45) is -2.15. The van der Waals surface area contributed by atoms with E-state index >= 15 is 8.78 Å². The molecular weight excluding hydrogens is 453 g/mol. The van der Waals surface area contributed by atoms with Crippen LogP contribution in [-0.4, -0.2) is 51.5 Å². The number of alkyl halides is 2. The summed E-state index contributed by atoms with van der Waals surface area (Å²) in [7, 11) is 0. The lowest BCUT2D eigenvalue weighted by atomic mass is 9.44. The molecule has 4 rings (SSSR count). The van der Waals surface area contributed by atoms with Gasteiger partial charge in [-0.15, -0.1) is 0 Å². The number of hydrogen-bond donors (Lipinski definition) is 2. The first-order valence-corrected chi connectivity index (χ1v) is 11.8. The zero-order valence-electron chi connectivity index (χ0n) is 19.7. The normalized spacial score (nSPS) is 47.6. The highest BCUT2D eigenvalue weighted by molar-refractivity contribution is 6.04. The Balaban J connectivity index is 1.87. The van der Waals surface area contributed by atoms with Crippen molar-refractivity contribution in [2.45, 2.75) is 83.3 Å². The SMILES string of the molecule is CCCC(=O)O[C@]1(C(=O)O)[C@H](C)C[C@H]2[C@@H]3C[C@H](F)C4=C(F)C(=O)C=C[C@]4(C)[C@@]3(F)[C@@H](O)C[C@@]21C. The molecule has 3 fully saturated rings. The predicted octanol–water partition coefficient (Wildman–Crippen LogP) is 4.02. The highest BCUT2D eigenvalue weighted by atomic mass is 19.2. The summed E-state index contributed by atoms with van der Waals surface area (Å²) in [6, 6.07) is 0. The van der Waals surface area contributed by atoms with E-state index in [0.29, 0.717) is 6.42 Å². The zero-order chi connectivity index (χ0) is 25.4. The zero-order valence-corrected chi connectivity index (χ0v) is 19.7. The molecule has 4 aliphatic rings. The number of halogens is 3. The maximum Gasteiger partial charge on any atom is 0.349 e. The summed E-state index contributed by atoms with van der Waals surface area (Å²) in [6.45, 7) is 6.18. The van der Waals surface area contributed by atoms with Gasteiger partial charge in [0.15, 0.2) is 11.5 Å². The Bertz CT molecular complexity index is 1010. The number of allylic oxidation sites excluding steroid dienone is 4. The number of aliphatic hydroxyl groups is 1. The van der Waals surface area contributed by atoms with Crippen LogP contribution in [0.1, 0.15) is 59.8 Å². The number of esters is 1. The van der Waals surface area contributed by atoms with E-state index in [1.807, 2.05) is 0 Å². The maximum absolute atomic E-state index is 17.1. The molecule has 6 nitrogen and oxygen atoms in total. The lowest BCUT2D eigenvalue weighted by Gasteiger charge is -2.62. The van der Waals surface area contributed by atoms with Gasteiger partial charge in [-0.1, -0.05) is 26.8 Å². The van der Waals surface area contributed by atoms with Crippen molar-refractivity contribution in [1.82, 2.24) is 0 Å². The van der Waals surface area contributed by atoms with E-state index < -0.39 is 87.7 Å². The van der Waals surface area contributed by atoms with Crippen molar-refractivity contribution < 1.29 is 42.5 Å². The smallest absolute Gasteiger partial charge is 0.349 e. The number of carboxylic acids is 1. The Morgan fingerprint density at radius 1 is 1.24 bits per heavy atom. The second kappa shape index (κ2) is 7.67. The molecule has 0 radical (unpaired) electrons. The Labute approximate surface area is 196 Å². The first kappa shape index (κ1) is 24.9. The minimum Gasteiger partial charge on any atom is -0.478 e. The van der Waals surface area contributed by atoms with Crippen LogP contribution in [0.2, 0.25) is 0 Å². The van der Waals surface area contributed by atoms with Crippen LogP contribution < -0.4 is 0 Å². The number of ketones is 1. The van der Waals surface area contributed by atoms with Crippen LogP contribution in [0, 0.1) is 28.6 Å². The van der Waals surface area contributed by atoms with E-state index in [4.69, 9.17) is 4.74 Å². The van der Waals surface area contributed by atoms with Gasteiger partial charge in [-0.05, 0) is 44.6 Å². The van der Waals surface area contributed by atoms with Crippen LogP contribution in [0.4, 0.5) is 13.2 Å². The fraction of sp³-hybridized carbons (Fsp3) is 0.720. The molecule has 2 N–H and O–H groups in total. The fourth-order valence-corrected chi connectivity index (χ4v) is 7.77. The molecule has 4 aliphatic carbocycles. The Morgan fingerprint density at radius 3 is 2.47 bits per heavy atom. The van der Waals surface area contributed by atoms with Gasteiger partial charge in [0, 0.05) is 34.7 Å². The van der Waals surface area contributed by atoms with Gasteiger partial charge in [0.2, 0.25) is 11.4 Å². The number of carbonyl (C=O) groups excluding carboxylic acids is 2. The molecule has 0 bridgehead atoms. The molecule has 0 aliphatic heterocycles. The van der Waals surface area contributed by atoms with Gasteiger partial charge in [0.25, 0.3) is 0 Å². The number of aliphatic carboxylic acids is 1. The molecule has 0 aromatic carbocycles. The van der Waals surface area contributed by atoms with Crippen molar-refractivity contribution in [2.24, 2.45) is 28.6 Å². The van der Waals surface area contributed by atoms with Crippen molar-refractivity contribution in [3.8, 4) is 0 Å². The lowest BCUT2D eigenvalue weighted by molar-refractivity contribution is -0.237. The summed E-state index contributed by atoms with van der Waals surface area (Å²) in [4.78, 5) is 37.1. The predicted molar refractivity (Wildman–Crippen MR) is 115 cm³/mol. The maximum atomic E-state index is 17.1. The molecule has 0 spiro atoms. The third-order valence-electron chi connectivity index (χ3n) is 9.29. The molecule has 0 amide bonds. The molecule has 0 aromatic heterocycles. The molecule has 0 heterocycles. The number of carboxylic acid groups (broad SMARTS) is 1. The molecule has 34 heavy (non-hydrogen) atoms. The minimum atomic E-state index is -2.55. The number of aliphatic hydroxyl groups excluding tert-OH is 1. The van der Waals surface area contributed by atoms with E-state index in [2.05, 4.69) is 0 Å². The van der Waals surface area contributed by atoms with Gasteiger partial charge in [-0.25, -0.2) is 18.0 Å². The third-order valence-corrected chi connectivity index (χ3v) is 9.29. The van der Waals surface area contributed by atoms with E-state index in [1.54, 1.807) is 20.8 Å². The quantitative estimate of drug-likeness (QED) is 0.585. The van der Waals surface area contributed by atoms with Gasteiger partial charge in [0.05, 0.1) is 6.10 Å². The number of hydrogen-bond acceptors (Lipinski definition) is 5. The topological polar surface area (TPSA) is 101 Å². The molecule has 0 saturated heterocycles. The lowest BCUT2D eigenvalue weighted by Crippen LogP contribution is -2.71.